The molecule has 0 N–H and O–H groups in total. The van der Waals surface area contributed by atoms with Crippen molar-refractivity contribution in [3.05, 3.63) is 29.6 Å². The fourth-order valence-corrected chi connectivity index (χ4v) is 3.09. The number of hydrogen-bond donors (Lipinski definition) is 0. The standard InChI is InChI=1S/C15H20F3N3O/c16-15(17,18)14-5-7-21(19-14)13-4-1-6-20(10-13)9-12-3-2-8-22-11-12/h3,5,7,13H,1-2,4,6,8-11H2/t13-/m1/s1. The van der Waals surface area contributed by atoms with Crippen LogP contribution in [0.25, 0.3) is 0 Å². The summed E-state index contributed by atoms with van der Waals surface area (Å²) in [6, 6.07) is 1.06. The van der Waals surface area contributed by atoms with Gasteiger partial charge in [0.15, 0.2) is 5.69 Å². The summed E-state index contributed by atoms with van der Waals surface area (Å²) in [5.74, 6) is 0. The Balaban J connectivity index is 1.62. The quantitative estimate of drug-likeness (QED) is 0.804. The minimum absolute atomic E-state index is 0.00922. The maximum Gasteiger partial charge on any atom is 0.435 e. The van der Waals surface area contributed by atoms with E-state index in [1.165, 1.54) is 16.5 Å². The van der Waals surface area contributed by atoms with Crippen LogP contribution in [0.1, 0.15) is 31.0 Å². The van der Waals surface area contributed by atoms with Gasteiger partial charge in [0.1, 0.15) is 0 Å². The van der Waals surface area contributed by atoms with E-state index in [-0.39, 0.29) is 6.04 Å². The minimum atomic E-state index is -4.37. The molecule has 0 aliphatic carbocycles. The van der Waals surface area contributed by atoms with Gasteiger partial charge in [-0.3, -0.25) is 9.58 Å². The first kappa shape index (κ1) is 15.6. The van der Waals surface area contributed by atoms with Crippen LogP contribution in [0, 0.1) is 0 Å². The van der Waals surface area contributed by atoms with E-state index < -0.39 is 11.9 Å². The van der Waals surface area contributed by atoms with Gasteiger partial charge < -0.3 is 4.74 Å². The summed E-state index contributed by atoms with van der Waals surface area (Å²) in [4.78, 5) is 2.28. The predicted octanol–water partition coefficient (Wildman–Crippen LogP) is 2.89. The fourth-order valence-electron chi connectivity index (χ4n) is 3.09. The Kier molecular flexibility index (Phi) is 4.54. The highest BCUT2D eigenvalue weighted by molar-refractivity contribution is 5.08. The molecule has 0 unspecified atom stereocenters. The minimum Gasteiger partial charge on any atom is -0.377 e. The van der Waals surface area contributed by atoms with Gasteiger partial charge in [0.05, 0.1) is 19.3 Å². The van der Waals surface area contributed by atoms with Crippen molar-refractivity contribution in [2.75, 3.05) is 32.8 Å². The van der Waals surface area contributed by atoms with Crippen molar-refractivity contribution >= 4 is 0 Å². The van der Waals surface area contributed by atoms with Crippen molar-refractivity contribution < 1.29 is 17.9 Å². The topological polar surface area (TPSA) is 30.3 Å². The summed E-state index contributed by atoms with van der Waals surface area (Å²) in [5, 5.41) is 3.71. The lowest BCUT2D eigenvalue weighted by atomic mass is 10.0. The zero-order valence-electron chi connectivity index (χ0n) is 12.4. The molecule has 1 aromatic heterocycles. The largest absolute Gasteiger partial charge is 0.435 e. The lowest BCUT2D eigenvalue weighted by Gasteiger charge is -2.33. The van der Waals surface area contributed by atoms with Crippen LogP contribution in [0.2, 0.25) is 0 Å². The second-order valence-electron chi connectivity index (χ2n) is 5.91. The van der Waals surface area contributed by atoms with Crippen LogP contribution in [0.4, 0.5) is 13.2 Å². The molecule has 1 fully saturated rings. The van der Waals surface area contributed by atoms with Crippen LogP contribution in [0.5, 0.6) is 0 Å². The molecule has 1 saturated heterocycles. The van der Waals surface area contributed by atoms with Crippen LogP contribution in [0.3, 0.4) is 0 Å². The molecule has 22 heavy (non-hydrogen) atoms. The average molecular weight is 315 g/mol. The zero-order chi connectivity index (χ0) is 15.6. The fraction of sp³-hybridized carbons (Fsp3) is 0.667. The molecule has 0 amide bonds. The Bertz CT molecular complexity index is 538. The van der Waals surface area contributed by atoms with Gasteiger partial charge in [-0.05, 0) is 37.4 Å². The van der Waals surface area contributed by atoms with Crippen molar-refractivity contribution in [3.8, 4) is 0 Å². The first-order valence-corrected chi connectivity index (χ1v) is 7.63. The summed E-state index contributed by atoms with van der Waals surface area (Å²) in [7, 11) is 0. The van der Waals surface area contributed by atoms with Gasteiger partial charge in [-0.1, -0.05) is 6.08 Å². The first-order chi connectivity index (χ1) is 10.5. The van der Waals surface area contributed by atoms with E-state index in [1.807, 2.05) is 0 Å². The molecule has 2 aliphatic rings. The molecule has 4 nitrogen and oxygen atoms in total. The summed E-state index contributed by atoms with van der Waals surface area (Å²) in [5.41, 5.74) is 0.455. The second-order valence-corrected chi connectivity index (χ2v) is 5.91. The third-order valence-corrected chi connectivity index (χ3v) is 4.16. The molecule has 0 aromatic carbocycles. The predicted molar refractivity (Wildman–Crippen MR) is 75.5 cm³/mol. The molecule has 7 heteroatoms. The lowest BCUT2D eigenvalue weighted by molar-refractivity contribution is -0.141. The summed E-state index contributed by atoms with van der Waals surface area (Å²) >= 11 is 0. The van der Waals surface area contributed by atoms with Gasteiger partial charge in [-0.25, -0.2) is 0 Å². The number of rotatable bonds is 3. The van der Waals surface area contributed by atoms with Gasteiger partial charge in [-0.2, -0.15) is 18.3 Å². The molecule has 1 atom stereocenters. The van der Waals surface area contributed by atoms with Crippen molar-refractivity contribution in [1.29, 1.82) is 0 Å². The highest BCUT2D eigenvalue weighted by atomic mass is 19.4. The van der Waals surface area contributed by atoms with E-state index in [2.05, 4.69) is 16.1 Å². The first-order valence-electron chi connectivity index (χ1n) is 7.63. The van der Waals surface area contributed by atoms with Gasteiger partial charge in [0, 0.05) is 19.3 Å². The van der Waals surface area contributed by atoms with E-state index in [0.29, 0.717) is 6.61 Å². The number of aromatic nitrogens is 2. The number of nitrogens with zero attached hydrogens (tertiary/aromatic N) is 3. The molecule has 0 radical (unpaired) electrons. The van der Waals surface area contributed by atoms with Crippen LogP contribution in [-0.4, -0.2) is 47.5 Å². The zero-order valence-corrected chi connectivity index (χ0v) is 12.4. The third-order valence-electron chi connectivity index (χ3n) is 4.16. The Hall–Kier alpha value is -1.34. The van der Waals surface area contributed by atoms with Crippen molar-refractivity contribution in [3.63, 3.8) is 0 Å². The molecule has 2 aliphatic heterocycles. The van der Waals surface area contributed by atoms with Gasteiger partial charge in [0.2, 0.25) is 0 Å². The number of ether oxygens (including phenoxy) is 1. The number of piperidine rings is 1. The highest BCUT2D eigenvalue weighted by Gasteiger charge is 2.34. The monoisotopic (exact) mass is 315 g/mol. The van der Waals surface area contributed by atoms with E-state index in [0.717, 1.165) is 51.6 Å². The number of likely N-dealkylation sites (tertiary alicyclic amines) is 1. The van der Waals surface area contributed by atoms with Gasteiger partial charge in [-0.15, -0.1) is 0 Å². The molecule has 0 saturated carbocycles. The van der Waals surface area contributed by atoms with Crippen LogP contribution < -0.4 is 0 Å². The molecule has 3 heterocycles. The Labute approximate surface area is 127 Å². The van der Waals surface area contributed by atoms with Crippen molar-refractivity contribution in [2.24, 2.45) is 0 Å². The maximum absolute atomic E-state index is 12.6. The molecule has 3 rings (SSSR count). The third kappa shape index (κ3) is 3.70. The number of alkyl halides is 3. The van der Waals surface area contributed by atoms with Crippen LogP contribution in [0.15, 0.2) is 23.9 Å². The van der Waals surface area contributed by atoms with Crippen molar-refractivity contribution in [1.82, 2.24) is 14.7 Å². The smallest absolute Gasteiger partial charge is 0.377 e. The molecule has 1 aromatic rings. The lowest BCUT2D eigenvalue weighted by Crippen LogP contribution is -2.38. The SMILES string of the molecule is FC(F)(F)c1ccn([C@@H]2CCCN(CC3=CCCOC3)C2)n1. The summed E-state index contributed by atoms with van der Waals surface area (Å²) < 4.78 is 44.9. The number of hydrogen-bond acceptors (Lipinski definition) is 3. The molecule has 0 spiro atoms. The molecular weight excluding hydrogens is 295 g/mol. The van der Waals surface area contributed by atoms with E-state index in [9.17, 15) is 13.2 Å². The van der Waals surface area contributed by atoms with Crippen LogP contribution >= 0.6 is 0 Å². The van der Waals surface area contributed by atoms with Crippen LogP contribution in [-0.2, 0) is 10.9 Å². The Morgan fingerprint density at radius 3 is 2.91 bits per heavy atom. The Morgan fingerprint density at radius 1 is 1.36 bits per heavy atom. The van der Waals surface area contributed by atoms with Gasteiger partial charge in [0.25, 0.3) is 0 Å². The second kappa shape index (κ2) is 6.42. The normalized spacial score (nSPS) is 24.3. The summed E-state index contributed by atoms with van der Waals surface area (Å²) in [6.45, 7) is 3.99. The van der Waals surface area contributed by atoms with E-state index in [4.69, 9.17) is 4.74 Å². The number of halogens is 3. The molecular formula is C15H20F3N3O. The van der Waals surface area contributed by atoms with E-state index >= 15 is 0 Å². The summed E-state index contributed by atoms with van der Waals surface area (Å²) in [6.07, 6.45) is 2.07. The maximum atomic E-state index is 12.6. The Morgan fingerprint density at radius 2 is 2.23 bits per heavy atom. The van der Waals surface area contributed by atoms with Gasteiger partial charge >= 0.3 is 6.18 Å². The van der Waals surface area contributed by atoms with E-state index in [1.54, 1.807) is 0 Å². The van der Waals surface area contributed by atoms with Crippen molar-refractivity contribution in [2.45, 2.75) is 31.5 Å². The average Bonchev–Trinajstić information content (AvgIpc) is 2.99. The molecule has 122 valence electrons. The highest BCUT2D eigenvalue weighted by Crippen LogP contribution is 2.29. The molecule has 0 bridgehead atoms.